The van der Waals surface area contributed by atoms with Gasteiger partial charge in [-0.1, -0.05) is 18.2 Å². The minimum absolute atomic E-state index is 0.250. The summed E-state index contributed by atoms with van der Waals surface area (Å²) < 4.78 is 11.1. The Kier molecular flexibility index (Phi) is 5.46. The summed E-state index contributed by atoms with van der Waals surface area (Å²) in [6.45, 7) is 3.12. The minimum Gasteiger partial charge on any atom is -0.497 e. The van der Waals surface area contributed by atoms with Gasteiger partial charge >= 0.3 is 0 Å². The molecule has 4 rings (SSSR count). The highest BCUT2D eigenvalue weighted by Crippen LogP contribution is 2.30. The van der Waals surface area contributed by atoms with E-state index < -0.39 is 0 Å². The van der Waals surface area contributed by atoms with Crippen LogP contribution in [0.5, 0.6) is 5.75 Å². The van der Waals surface area contributed by atoms with Crippen LogP contribution in [-0.2, 0) is 11.3 Å². The van der Waals surface area contributed by atoms with Crippen LogP contribution in [0.4, 0.5) is 5.69 Å². The van der Waals surface area contributed by atoms with E-state index in [0.717, 1.165) is 24.9 Å². The van der Waals surface area contributed by atoms with Crippen LogP contribution >= 0.6 is 0 Å². The van der Waals surface area contributed by atoms with Crippen molar-refractivity contribution in [3.05, 3.63) is 59.4 Å². The standard InChI is InChI=1S/C23H25N3O4/c1-14-21(17-12-16(29-2)9-10-20(17)30-14)23(28)25-18-7-4-3-6-15(18)13-26-11-5-8-19(26)22(24)27/h3-4,6-7,9-10,12,19H,5,8,11,13H2,1-2H3,(H2,24,27)(H,25,28). The van der Waals surface area contributed by atoms with Crippen LogP contribution in [0.2, 0.25) is 0 Å². The fourth-order valence-electron chi connectivity index (χ4n) is 4.13. The Balaban J connectivity index is 1.61. The average Bonchev–Trinajstić information content (AvgIpc) is 3.32. The minimum atomic E-state index is -0.302. The zero-order valence-corrected chi connectivity index (χ0v) is 17.1. The molecule has 156 valence electrons. The van der Waals surface area contributed by atoms with Crippen LogP contribution in [-0.4, -0.2) is 36.4 Å². The molecule has 2 heterocycles. The highest BCUT2D eigenvalue weighted by atomic mass is 16.5. The molecule has 1 fully saturated rings. The van der Waals surface area contributed by atoms with Gasteiger partial charge < -0.3 is 20.2 Å². The van der Waals surface area contributed by atoms with E-state index in [0.29, 0.717) is 40.3 Å². The van der Waals surface area contributed by atoms with E-state index in [2.05, 4.69) is 10.2 Å². The van der Waals surface area contributed by atoms with E-state index in [1.807, 2.05) is 24.3 Å². The Morgan fingerprint density at radius 2 is 2.07 bits per heavy atom. The molecule has 0 radical (unpaired) electrons. The number of nitrogens with one attached hydrogen (secondary N) is 1. The monoisotopic (exact) mass is 407 g/mol. The molecule has 1 aromatic heterocycles. The largest absolute Gasteiger partial charge is 0.497 e. The van der Waals surface area contributed by atoms with Crippen LogP contribution in [0.1, 0.15) is 34.5 Å². The van der Waals surface area contributed by atoms with Crippen molar-refractivity contribution in [3.63, 3.8) is 0 Å². The summed E-state index contributed by atoms with van der Waals surface area (Å²) in [5, 5.41) is 3.72. The first kappa shape index (κ1) is 20.0. The molecule has 0 spiro atoms. The maximum absolute atomic E-state index is 13.2. The summed E-state index contributed by atoms with van der Waals surface area (Å²) in [7, 11) is 1.59. The molecule has 3 aromatic rings. The normalized spacial score (nSPS) is 16.7. The number of fused-ring (bicyclic) bond motifs is 1. The smallest absolute Gasteiger partial charge is 0.259 e. The molecular formula is C23H25N3O4. The number of rotatable bonds is 6. The molecule has 1 aliphatic rings. The molecular weight excluding hydrogens is 382 g/mol. The number of likely N-dealkylation sites (tertiary alicyclic amines) is 1. The first-order valence-corrected chi connectivity index (χ1v) is 9.97. The van der Waals surface area contributed by atoms with Gasteiger partial charge in [0.05, 0.1) is 18.7 Å². The zero-order valence-electron chi connectivity index (χ0n) is 17.1. The van der Waals surface area contributed by atoms with Crippen molar-refractivity contribution in [1.82, 2.24) is 4.90 Å². The van der Waals surface area contributed by atoms with Gasteiger partial charge in [-0.25, -0.2) is 0 Å². The number of ether oxygens (including phenoxy) is 1. The van der Waals surface area contributed by atoms with Gasteiger partial charge in [0.2, 0.25) is 5.91 Å². The molecule has 1 unspecified atom stereocenters. The quantitative estimate of drug-likeness (QED) is 0.652. The number of anilines is 1. The predicted molar refractivity (Wildman–Crippen MR) is 115 cm³/mol. The SMILES string of the molecule is COc1ccc2oc(C)c(C(=O)Nc3ccccc3CN3CCCC3C(N)=O)c2c1. The lowest BCUT2D eigenvalue weighted by Gasteiger charge is -2.23. The average molecular weight is 407 g/mol. The van der Waals surface area contributed by atoms with Gasteiger partial charge in [-0.2, -0.15) is 0 Å². The van der Waals surface area contributed by atoms with E-state index in [4.69, 9.17) is 14.9 Å². The number of methoxy groups -OCH3 is 1. The van der Waals surface area contributed by atoms with Crippen molar-refractivity contribution in [1.29, 1.82) is 0 Å². The lowest BCUT2D eigenvalue weighted by molar-refractivity contribution is -0.122. The topological polar surface area (TPSA) is 97.8 Å². The van der Waals surface area contributed by atoms with Crippen molar-refractivity contribution in [3.8, 4) is 5.75 Å². The fraction of sp³-hybridized carbons (Fsp3) is 0.304. The van der Waals surface area contributed by atoms with Crippen molar-refractivity contribution >= 4 is 28.5 Å². The summed E-state index contributed by atoms with van der Waals surface area (Å²) in [5.74, 6) is 0.647. The van der Waals surface area contributed by atoms with Crippen LogP contribution in [0.25, 0.3) is 11.0 Å². The Morgan fingerprint density at radius 1 is 1.27 bits per heavy atom. The molecule has 1 aliphatic heterocycles. The first-order valence-electron chi connectivity index (χ1n) is 9.97. The van der Waals surface area contributed by atoms with Gasteiger partial charge in [0.25, 0.3) is 5.91 Å². The number of furan rings is 1. The van der Waals surface area contributed by atoms with Crippen LogP contribution < -0.4 is 15.8 Å². The molecule has 3 N–H and O–H groups in total. The number of aryl methyl sites for hydroxylation is 1. The van der Waals surface area contributed by atoms with Crippen molar-refractivity contribution in [2.75, 3.05) is 19.0 Å². The van der Waals surface area contributed by atoms with Crippen LogP contribution in [0.3, 0.4) is 0 Å². The number of nitrogens with zero attached hydrogens (tertiary/aromatic N) is 1. The number of benzene rings is 2. The van der Waals surface area contributed by atoms with Gasteiger partial charge in [0, 0.05) is 17.6 Å². The number of carbonyl (C=O) groups is 2. The highest BCUT2D eigenvalue weighted by molar-refractivity contribution is 6.13. The molecule has 0 bridgehead atoms. The zero-order chi connectivity index (χ0) is 21.3. The molecule has 0 saturated carbocycles. The Labute approximate surface area is 174 Å². The van der Waals surface area contributed by atoms with E-state index in [-0.39, 0.29) is 17.9 Å². The molecule has 2 amide bonds. The molecule has 0 aliphatic carbocycles. The second-order valence-electron chi connectivity index (χ2n) is 7.54. The predicted octanol–water partition coefficient (Wildman–Crippen LogP) is 3.45. The molecule has 7 nitrogen and oxygen atoms in total. The van der Waals surface area contributed by atoms with Gasteiger partial charge in [-0.15, -0.1) is 0 Å². The van der Waals surface area contributed by atoms with Gasteiger partial charge in [0.1, 0.15) is 17.1 Å². The third-order valence-corrected chi connectivity index (χ3v) is 5.63. The summed E-state index contributed by atoms with van der Waals surface area (Å²) >= 11 is 0. The summed E-state index contributed by atoms with van der Waals surface area (Å²) in [4.78, 5) is 27.0. The van der Waals surface area contributed by atoms with Crippen LogP contribution in [0.15, 0.2) is 46.9 Å². The summed E-state index contributed by atoms with van der Waals surface area (Å²) in [6.07, 6.45) is 1.70. The number of para-hydroxylation sites is 1. The molecule has 1 atom stereocenters. The number of hydrogen-bond acceptors (Lipinski definition) is 5. The first-order chi connectivity index (χ1) is 14.5. The lowest BCUT2D eigenvalue weighted by atomic mass is 10.1. The fourth-order valence-corrected chi connectivity index (χ4v) is 4.13. The summed E-state index contributed by atoms with van der Waals surface area (Å²) in [5.41, 5.74) is 8.30. The van der Waals surface area contributed by atoms with E-state index in [9.17, 15) is 9.59 Å². The third kappa shape index (κ3) is 3.76. The summed E-state index contributed by atoms with van der Waals surface area (Å²) in [6, 6.07) is 12.7. The number of nitrogens with two attached hydrogens (primary N) is 1. The Hall–Kier alpha value is -3.32. The van der Waals surface area contributed by atoms with E-state index >= 15 is 0 Å². The lowest BCUT2D eigenvalue weighted by Crippen LogP contribution is -2.39. The van der Waals surface area contributed by atoms with Gasteiger partial charge in [0.15, 0.2) is 0 Å². The maximum Gasteiger partial charge on any atom is 0.259 e. The highest BCUT2D eigenvalue weighted by Gasteiger charge is 2.29. The van der Waals surface area contributed by atoms with E-state index in [1.54, 1.807) is 32.2 Å². The van der Waals surface area contributed by atoms with Crippen molar-refractivity contribution < 1.29 is 18.7 Å². The Morgan fingerprint density at radius 3 is 2.83 bits per heavy atom. The van der Waals surface area contributed by atoms with Crippen LogP contribution in [0, 0.1) is 6.92 Å². The number of hydrogen-bond donors (Lipinski definition) is 2. The molecule has 30 heavy (non-hydrogen) atoms. The van der Waals surface area contributed by atoms with Crippen molar-refractivity contribution in [2.45, 2.75) is 32.4 Å². The molecule has 7 heteroatoms. The number of primary amides is 1. The Bertz CT molecular complexity index is 1110. The second kappa shape index (κ2) is 8.20. The third-order valence-electron chi connectivity index (χ3n) is 5.63. The van der Waals surface area contributed by atoms with E-state index in [1.165, 1.54) is 0 Å². The molecule has 1 saturated heterocycles. The second-order valence-corrected chi connectivity index (χ2v) is 7.54. The van der Waals surface area contributed by atoms with Gasteiger partial charge in [-0.05, 0) is 56.1 Å². The van der Waals surface area contributed by atoms with Gasteiger partial charge in [-0.3, -0.25) is 14.5 Å². The maximum atomic E-state index is 13.2. The number of amides is 2. The van der Waals surface area contributed by atoms with Crippen molar-refractivity contribution in [2.24, 2.45) is 5.73 Å². The molecule has 2 aromatic carbocycles. The number of carbonyl (C=O) groups excluding carboxylic acids is 2.